The van der Waals surface area contributed by atoms with Crippen molar-refractivity contribution in [3.8, 4) is 0 Å². The molecule has 0 radical (unpaired) electrons. The van der Waals surface area contributed by atoms with Crippen molar-refractivity contribution in [1.29, 1.82) is 0 Å². The van der Waals surface area contributed by atoms with Gasteiger partial charge in [0.25, 0.3) is 0 Å². The van der Waals surface area contributed by atoms with E-state index in [2.05, 4.69) is 34.6 Å². The second-order valence-electron chi connectivity index (χ2n) is 6.74. The van der Waals surface area contributed by atoms with E-state index in [-0.39, 0.29) is 0 Å². The number of anilines is 1. The minimum absolute atomic E-state index is 0.686. The van der Waals surface area contributed by atoms with Crippen LogP contribution in [0, 0.1) is 11.8 Å². The van der Waals surface area contributed by atoms with Gasteiger partial charge in [-0.2, -0.15) is 0 Å². The molecule has 2 aliphatic rings. The molecular formula is C18H24N2. The molecule has 3 atom stereocenters. The minimum atomic E-state index is 0.686. The van der Waals surface area contributed by atoms with Gasteiger partial charge in [-0.05, 0) is 55.4 Å². The molecule has 1 aromatic heterocycles. The highest BCUT2D eigenvalue weighted by Gasteiger charge is 2.31. The van der Waals surface area contributed by atoms with E-state index in [1.54, 1.807) is 0 Å². The van der Waals surface area contributed by atoms with Crippen LogP contribution in [-0.2, 0) is 0 Å². The van der Waals surface area contributed by atoms with Gasteiger partial charge in [0.1, 0.15) is 0 Å². The second-order valence-corrected chi connectivity index (χ2v) is 6.74. The molecule has 106 valence electrons. The van der Waals surface area contributed by atoms with E-state index in [1.165, 1.54) is 61.5 Å². The van der Waals surface area contributed by atoms with Crippen molar-refractivity contribution in [2.45, 2.75) is 51.0 Å². The Labute approximate surface area is 121 Å². The summed E-state index contributed by atoms with van der Waals surface area (Å²) in [5.41, 5.74) is 2.52. The minimum Gasteiger partial charge on any atom is -0.382 e. The monoisotopic (exact) mass is 268 g/mol. The predicted molar refractivity (Wildman–Crippen MR) is 85.0 cm³/mol. The average Bonchev–Trinajstić information content (AvgIpc) is 2.95. The van der Waals surface area contributed by atoms with Crippen molar-refractivity contribution in [3.63, 3.8) is 0 Å². The maximum Gasteiger partial charge on any atom is 0.0455 e. The number of rotatable bonds is 2. The summed E-state index contributed by atoms with van der Waals surface area (Å²) >= 11 is 0. The lowest BCUT2D eigenvalue weighted by molar-refractivity contribution is 0.162. The van der Waals surface area contributed by atoms with Gasteiger partial charge in [0.15, 0.2) is 0 Å². The van der Waals surface area contributed by atoms with Gasteiger partial charge in [0.2, 0.25) is 0 Å². The Morgan fingerprint density at radius 1 is 0.950 bits per heavy atom. The van der Waals surface area contributed by atoms with Crippen molar-refractivity contribution < 1.29 is 0 Å². The van der Waals surface area contributed by atoms with Gasteiger partial charge in [-0.3, -0.25) is 0 Å². The smallest absolute Gasteiger partial charge is 0.0455 e. The number of aromatic amines is 1. The zero-order chi connectivity index (χ0) is 13.4. The molecule has 0 saturated heterocycles. The van der Waals surface area contributed by atoms with Crippen molar-refractivity contribution in [1.82, 2.24) is 4.98 Å². The van der Waals surface area contributed by atoms with Gasteiger partial charge in [-0.25, -0.2) is 0 Å². The molecule has 0 amide bonds. The van der Waals surface area contributed by atoms with Crippen LogP contribution in [0.1, 0.15) is 44.9 Å². The fraction of sp³-hybridized carbons (Fsp3) is 0.556. The average molecular weight is 268 g/mol. The second kappa shape index (κ2) is 5.16. The topological polar surface area (TPSA) is 27.8 Å². The highest BCUT2D eigenvalue weighted by Crippen LogP contribution is 2.41. The molecule has 0 aliphatic heterocycles. The van der Waals surface area contributed by atoms with Gasteiger partial charge >= 0.3 is 0 Å². The van der Waals surface area contributed by atoms with E-state index in [0.29, 0.717) is 6.04 Å². The van der Waals surface area contributed by atoms with Crippen LogP contribution in [0.3, 0.4) is 0 Å². The van der Waals surface area contributed by atoms with Gasteiger partial charge in [-0.15, -0.1) is 0 Å². The third-order valence-electron chi connectivity index (χ3n) is 5.46. The summed E-state index contributed by atoms with van der Waals surface area (Å²) in [6, 6.07) is 9.51. The summed E-state index contributed by atoms with van der Waals surface area (Å²) in [7, 11) is 0. The summed E-state index contributed by atoms with van der Waals surface area (Å²) in [6.07, 6.45) is 12.1. The van der Waals surface area contributed by atoms with Gasteiger partial charge < -0.3 is 10.3 Å². The predicted octanol–water partition coefficient (Wildman–Crippen LogP) is 4.94. The fourth-order valence-corrected chi connectivity index (χ4v) is 4.38. The lowest BCUT2D eigenvalue weighted by Gasteiger charge is -2.39. The Balaban J connectivity index is 1.45. The number of H-pyrrole nitrogens is 1. The normalized spacial score (nSPS) is 30.1. The lowest BCUT2D eigenvalue weighted by atomic mass is 9.69. The number of nitrogens with one attached hydrogen (secondary N) is 2. The lowest BCUT2D eigenvalue weighted by Crippen LogP contribution is -2.34. The first-order chi connectivity index (χ1) is 9.88. The van der Waals surface area contributed by atoms with Crippen LogP contribution in [-0.4, -0.2) is 11.0 Å². The van der Waals surface area contributed by atoms with Crippen LogP contribution in [0.2, 0.25) is 0 Å². The van der Waals surface area contributed by atoms with E-state index in [4.69, 9.17) is 0 Å². The molecule has 2 saturated carbocycles. The fourth-order valence-electron chi connectivity index (χ4n) is 4.38. The Kier molecular flexibility index (Phi) is 3.17. The summed E-state index contributed by atoms with van der Waals surface area (Å²) < 4.78 is 0. The number of benzene rings is 1. The first-order valence-corrected chi connectivity index (χ1v) is 8.22. The zero-order valence-electron chi connectivity index (χ0n) is 12.1. The van der Waals surface area contributed by atoms with E-state index < -0.39 is 0 Å². The molecular weight excluding hydrogens is 244 g/mol. The highest BCUT2D eigenvalue weighted by molar-refractivity contribution is 5.83. The molecule has 2 fully saturated rings. The molecule has 3 unspecified atom stereocenters. The molecule has 20 heavy (non-hydrogen) atoms. The van der Waals surface area contributed by atoms with Crippen LogP contribution in [0.4, 0.5) is 5.69 Å². The molecule has 1 aromatic carbocycles. The largest absolute Gasteiger partial charge is 0.382 e. The first-order valence-electron chi connectivity index (χ1n) is 8.22. The van der Waals surface area contributed by atoms with E-state index in [9.17, 15) is 0 Å². The number of fused-ring (bicyclic) bond motifs is 2. The summed E-state index contributed by atoms with van der Waals surface area (Å²) in [6.45, 7) is 0. The van der Waals surface area contributed by atoms with Crippen LogP contribution in [0.25, 0.3) is 10.9 Å². The quantitative estimate of drug-likeness (QED) is 0.793. The number of aromatic nitrogens is 1. The SMILES string of the molecule is c1cc2cc(NC3CCC4CCCCC4C3)ccc2[nH]1. The molecule has 0 bridgehead atoms. The van der Waals surface area contributed by atoms with Crippen molar-refractivity contribution in [2.75, 3.05) is 5.32 Å². The van der Waals surface area contributed by atoms with Crippen LogP contribution in [0.5, 0.6) is 0 Å². The summed E-state index contributed by atoms with van der Waals surface area (Å²) in [5.74, 6) is 2.03. The van der Waals surface area contributed by atoms with E-state index in [1.807, 2.05) is 6.20 Å². The van der Waals surface area contributed by atoms with Crippen molar-refractivity contribution in [2.24, 2.45) is 11.8 Å². The van der Waals surface area contributed by atoms with E-state index in [0.717, 1.165) is 11.8 Å². The molecule has 2 heteroatoms. The van der Waals surface area contributed by atoms with Crippen molar-refractivity contribution in [3.05, 3.63) is 30.5 Å². The highest BCUT2D eigenvalue weighted by atomic mass is 14.9. The van der Waals surface area contributed by atoms with Crippen molar-refractivity contribution >= 4 is 16.6 Å². The maximum absolute atomic E-state index is 3.78. The molecule has 4 rings (SSSR count). The Morgan fingerprint density at radius 3 is 2.80 bits per heavy atom. The molecule has 2 N–H and O–H groups in total. The standard InChI is InChI=1S/C18H24N2/c1-2-4-14-11-16(6-5-13(14)3-1)20-17-7-8-18-15(12-17)9-10-19-18/h7-10,12-14,16,19-20H,1-6,11H2. The van der Waals surface area contributed by atoms with Gasteiger partial charge in [0, 0.05) is 28.8 Å². The third-order valence-corrected chi connectivity index (χ3v) is 5.46. The summed E-state index contributed by atoms with van der Waals surface area (Å²) in [5, 5.41) is 5.09. The Morgan fingerprint density at radius 2 is 1.85 bits per heavy atom. The first kappa shape index (κ1) is 12.3. The summed E-state index contributed by atoms with van der Waals surface area (Å²) in [4.78, 5) is 3.26. The number of hydrogen-bond donors (Lipinski definition) is 2. The van der Waals surface area contributed by atoms with Crippen LogP contribution in [0.15, 0.2) is 30.5 Å². The van der Waals surface area contributed by atoms with Crippen LogP contribution >= 0.6 is 0 Å². The molecule has 2 nitrogen and oxygen atoms in total. The van der Waals surface area contributed by atoms with Crippen LogP contribution < -0.4 is 5.32 Å². The Bertz CT molecular complexity index is 586. The molecule has 2 aromatic rings. The third kappa shape index (κ3) is 2.32. The molecule has 0 spiro atoms. The molecule has 1 heterocycles. The van der Waals surface area contributed by atoms with Gasteiger partial charge in [0.05, 0.1) is 0 Å². The Hall–Kier alpha value is -1.44. The van der Waals surface area contributed by atoms with Gasteiger partial charge in [-0.1, -0.05) is 25.7 Å². The molecule has 2 aliphatic carbocycles. The zero-order valence-corrected chi connectivity index (χ0v) is 12.1. The van der Waals surface area contributed by atoms with E-state index >= 15 is 0 Å². The maximum atomic E-state index is 3.78. The number of hydrogen-bond acceptors (Lipinski definition) is 1.